The molecule has 0 saturated carbocycles. The molecule has 0 fully saturated rings. The minimum absolute atomic E-state index is 0.0251. The maximum Gasteiger partial charge on any atom is 0.0512 e. The van der Waals surface area contributed by atoms with Crippen LogP contribution in [0.1, 0.15) is 54.4 Å². The number of alkyl halides is 1. The zero-order chi connectivity index (χ0) is 31.8. The highest BCUT2D eigenvalue weighted by molar-refractivity contribution is 14.1. The quantitative estimate of drug-likeness (QED) is 0.115. The van der Waals surface area contributed by atoms with Gasteiger partial charge in [-0.05, 0) is 66.8 Å². The fraction of sp³-hybridized carbons (Fsp3) is 0.244. The molecule has 1 aliphatic heterocycles. The Kier molecular flexibility index (Phi) is 7.21. The van der Waals surface area contributed by atoms with Gasteiger partial charge >= 0.3 is 0 Å². The predicted octanol–water partition coefficient (Wildman–Crippen LogP) is 12.3. The highest BCUT2D eigenvalue weighted by atomic mass is 127. The van der Waals surface area contributed by atoms with Gasteiger partial charge in [0.1, 0.15) is 0 Å². The Labute approximate surface area is 297 Å². The van der Waals surface area contributed by atoms with Gasteiger partial charge in [0.2, 0.25) is 0 Å². The van der Waals surface area contributed by atoms with Crippen LogP contribution >= 0.6 is 34.4 Å². The minimum Gasteiger partial charge on any atom is -0.124 e. The van der Waals surface area contributed by atoms with Gasteiger partial charge in [0, 0.05) is 28.9 Å². The molecule has 4 aromatic rings. The van der Waals surface area contributed by atoms with Crippen molar-refractivity contribution in [1.82, 2.24) is 0 Å². The van der Waals surface area contributed by atoms with Gasteiger partial charge in [0.05, 0.1) is 3.42 Å². The maximum absolute atomic E-state index is 3.00. The van der Waals surface area contributed by atoms with E-state index in [1.54, 1.807) is 10.5 Å². The molecule has 9 rings (SSSR count). The van der Waals surface area contributed by atoms with Crippen LogP contribution in [0.25, 0.3) is 21.9 Å². The second-order valence-electron chi connectivity index (χ2n) is 14.4. The number of hydrogen-bond donors (Lipinski definition) is 0. The van der Waals surface area contributed by atoms with Gasteiger partial charge in [0.25, 0.3) is 0 Å². The van der Waals surface area contributed by atoms with E-state index in [1.165, 1.54) is 38.6 Å². The van der Waals surface area contributed by atoms with Crippen molar-refractivity contribution < 1.29 is 0 Å². The monoisotopic (exact) mass is 738 g/mol. The topological polar surface area (TPSA) is 0 Å². The van der Waals surface area contributed by atoms with E-state index in [0.717, 1.165) is 6.42 Å². The van der Waals surface area contributed by atoms with Crippen LogP contribution in [0.5, 0.6) is 0 Å². The average Bonchev–Trinajstić information content (AvgIpc) is 3.50. The lowest BCUT2D eigenvalue weighted by Crippen LogP contribution is -2.56. The molecule has 0 nitrogen and oxygen atoms in total. The number of allylic oxidation sites excluding steroid dienone is 12. The summed E-state index contributed by atoms with van der Waals surface area (Å²) in [6, 6.07) is 36.5. The van der Waals surface area contributed by atoms with E-state index in [4.69, 9.17) is 0 Å². The molecule has 232 valence electrons. The van der Waals surface area contributed by atoms with E-state index < -0.39 is 0 Å². The molecule has 0 amide bonds. The number of rotatable bonds is 3. The summed E-state index contributed by atoms with van der Waals surface area (Å²) in [5.41, 5.74) is 8.75. The van der Waals surface area contributed by atoms with Crippen LogP contribution in [0.2, 0.25) is 0 Å². The average molecular weight is 739 g/mol. The van der Waals surface area contributed by atoms with Crippen molar-refractivity contribution in [3.8, 4) is 0 Å². The van der Waals surface area contributed by atoms with Crippen molar-refractivity contribution in [1.29, 1.82) is 0 Å². The van der Waals surface area contributed by atoms with Crippen LogP contribution in [-0.4, -0.2) is 8.67 Å². The van der Waals surface area contributed by atoms with E-state index in [1.807, 2.05) is 0 Å². The first-order chi connectivity index (χ1) is 23.0. The van der Waals surface area contributed by atoms with Gasteiger partial charge in [-0.3, -0.25) is 0 Å². The van der Waals surface area contributed by atoms with Crippen molar-refractivity contribution >= 4 is 56.3 Å². The van der Waals surface area contributed by atoms with Crippen LogP contribution < -0.4 is 0 Å². The molecule has 0 bridgehead atoms. The molecule has 5 aliphatic rings. The van der Waals surface area contributed by atoms with Gasteiger partial charge in [0.15, 0.2) is 0 Å². The van der Waals surface area contributed by atoms with E-state index in [0.29, 0.717) is 28.9 Å². The Morgan fingerprint density at radius 1 is 0.723 bits per heavy atom. The van der Waals surface area contributed by atoms with Crippen molar-refractivity contribution in [2.45, 2.75) is 40.8 Å². The van der Waals surface area contributed by atoms with E-state index in [9.17, 15) is 0 Å². The largest absolute Gasteiger partial charge is 0.124 e. The fourth-order valence-electron chi connectivity index (χ4n) is 9.57. The lowest BCUT2D eigenvalue weighted by Gasteiger charge is -2.56. The molecule has 0 aromatic heterocycles. The summed E-state index contributed by atoms with van der Waals surface area (Å²) in [4.78, 5) is 1.58. The third-order valence-electron chi connectivity index (χ3n) is 11.8. The summed E-state index contributed by atoms with van der Waals surface area (Å²) < 4.78 is -0.0358. The van der Waals surface area contributed by atoms with Crippen LogP contribution in [-0.2, 0) is 0 Å². The predicted molar refractivity (Wildman–Crippen MR) is 211 cm³/mol. The Hall–Kier alpha value is -3.34. The molecule has 1 heterocycles. The highest BCUT2D eigenvalue weighted by Crippen LogP contribution is 2.71. The van der Waals surface area contributed by atoms with Crippen LogP contribution in [0.3, 0.4) is 0 Å². The standard InChI is InChI=1S/C45H39IS/c1-44(2)39-26-14-25-35(33-24-13-20-29-15-9-10-21-32(29)33)41(39)36-23-12-11-22-34(36)38-28-27-37-40(30-16-5-3-6-17-30)42(31-18-7-4-8-19-31)47-43(37)45(38,44)46/h3-18,20-28,31,37-39,41,43H,19H2,1-2H3. The van der Waals surface area contributed by atoms with Gasteiger partial charge in [-0.2, -0.15) is 0 Å². The van der Waals surface area contributed by atoms with Crippen molar-refractivity contribution in [3.05, 3.63) is 179 Å². The lowest BCUT2D eigenvalue weighted by molar-refractivity contribution is 0.162. The molecular formula is C45H39IS. The zero-order valence-electron chi connectivity index (χ0n) is 26.9. The fourth-order valence-corrected chi connectivity index (χ4v) is 13.2. The third-order valence-corrected chi connectivity index (χ3v) is 16.7. The summed E-state index contributed by atoms with van der Waals surface area (Å²) in [5.74, 6) is 1.74. The van der Waals surface area contributed by atoms with Gasteiger partial charge in [-0.1, -0.05) is 188 Å². The van der Waals surface area contributed by atoms with E-state index >= 15 is 0 Å². The minimum atomic E-state index is -0.0358. The molecule has 4 aliphatic carbocycles. The van der Waals surface area contributed by atoms with Crippen LogP contribution in [0.4, 0.5) is 0 Å². The highest BCUT2D eigenvalue weighted by Gasteiger charge is 2.64. The molecule has 7 unspecified atom stereocenters. The Balaban J connectivity index is 1.23. The van der Waals surface area contributed by atoms with Crippen molar-refractivity contribution in [2.75, 3.05) is 0 Å². The first-order valence-corrected chi connectivity index (χ1v) is 19.1. The van der Waals surface area contributed by atoms with Gasteiger partial charge < -0.3 is 0 Å². The number of fused-ring (bicyclic) bond motifs is 8. The van der Waals surface area contributed by atoms with Gasteiger partial charge in [-0.15, -0.1) is 11.8 Å². The Morgan fingerprint density at radius 2 is 1.49 bits per heavy atom. The summed E-state index contributed by atoms with van der Waals surface area (Å²) in [5, 5.41) is 3.08. The Bertz CT molecular complexity index is 2070. The summed E-state index contributed by atoms with van der Waals surface area (Å²) in [7, 11) is 0. The Morgan fingerprint density at radius 3 is 2.32 bits per heavy atom. The van der Waals surface area contributed by atoms with E-state index in [2.05, 4.69) is 200 Å². The zero-order valence-corrected chi connectivity index (χ0v) is 29.9. The molecular weight excluding hydrogens is 699 g/mol. The number of hydrogen-bond acceptors (Lipinski definition) is 1. The molecule has 7 atom stereocenters. The van der Waals surface area contributed by atoms with Crippen molar-refractivity contribution in [2.24, 2.45) is 23.2 Å². The second kappa shape index (κ2) is 11.4. The third kappa shape index (κ3) is 4.40. The smallest absolute Gasteiger partial charge is 0.0512 e. The first-order valence-electron chi connectivity index (χ1n) is 17.1. The summed E-state index contributed by atoms with van der Waals surface area (Å²) in [6.45, 7) is 5.21. The maximum atomic E-state index is 3.00. The van der Waals surface area contributed by atoms with E-state index in [-0.39, 0.29) is 14.8 Å². The summed E-state index contributed by atoms with van der Waals surface area (Å²) >= 11 is 5.21. The molecule has 2 heteroatoms. The second-order valence-corrected chi connectivity index (χ2v) is 17.4. The molecule has 0 radical (unpaired) electrons. The van der Waals surface area contributed by atoms with Crippen LogP contribution in [0.15, 0.2) is 157 Å². The van der Waals surface area contributed by atoms with Crippen molar-refractivity contribution in [3.63, 3.8) is 0 Å². The number of halogens is 1. The molecule has 0 saturated heterocycles. The first kappa shape index (κ1) is 29.8. The lowest BCUT2D eigenvalue weighted by atomic mass is 9.56. The molecule has 4 aromatic carbocycles. The summed E-state index contributed by atoms with van der Waals surface area (Å²) in [6.07, 6.45) is 22.9. The van der Waals surface area contributed by atoms with Crippen LogP contribution in [0, 0.1) is 23.2 Å². The molecule has 0 spiro atoms. The number of benzene rings is 4. The normalized spacial score (nSPS) is 31.5. The SMILES string of the molecule is CC1(C)C2C=CC=C(c3cccc4ccccc34)C2c2ccccc2C2C=CC3C(c4ccccc4)=C(C4C=CC=CC4)SC3C21I. The van der Waals surface area contributed by atoms with Gasteiger partial charge in [-0.25, -0.2) is 0 Å². The number of thioether (sulfide) groups is 1. The molecule has 0 N–H and O–H groups in total. The molecule has 47 heavy (non-hydrogen) atoms.